The van der Waals surface area contributed by atoms with Gasteiger partial charge in [0, 0.05) is 5.56 Å². The van der Waals surface area contributed by atoms with Crippen molar-refractivity contribution in [1.29, 1.82) is 0 Å². The Kier molecular flexibility index (Phi) is 2.90. The van der Waals surface area contributed by atoms with Crippen LogP contribution in [0.2, 0.25) is 0 Å². The maximum atomic E-state index is 13.3. The van der Waals surface area contributed by atoms with Gasteiger partial charge >= 0.3 is 12.4 Å². The predicted octanol–water partition coefficient (Wildman–Crippen LogP) is 4.89. The number of aryl methyl sites for hydroxylation is 1. The number of phenolic OH excluding ortho intramolecular Hbond substituents is 1. The van der Waals surface area contributed by atoms with Crippen molar-refractivity contribution in [3.8, 4) is 5.75 Å². The summed E-state index contributed by atoms with van der Waals surface area (Å²) in [7, 11) is 0. The summed E-state index contributed by atoms with van der Waals surface area (Å²) in [6, 6.07) is 1.97. The number of rotatable bonds is 2. The van der Waals surface area contributed by atoms with E-state index in [1.807, 2.05) is 0 Å². The zero-order chi connectivity index (χ0) is 16.6. The van der Waals surface area contributed by atoms with Crippen LogP contribution < -0.4 is 0 Å². The van der Waals surface area contributed by atoms with Crippen LogP contribution in [-0.4, -0.2) is 17.5 Å². The summed E-state index contributed by atoms with van der Waals surface area (Å²) >= 11 is 0. The molecule has 1 N–H and O–H groups in total. The fourth-order valence-corrected chi connectivity index (χ4v) is 3.25. The first-order valence-corrected chi connectivity index (χ1v) is 6.93. The normalized spacial score (nSPS) is 22.5. The van der Waals surface area contributed by atoms with Gasteiger partial charge in [-0.1, -0.05) is 6.07 Å². The number of aromatic hydroxyl groups is 1. The van der Waals surface area contributed by atoms with Crippen molar-refractivity contribution in [3.05, 3.63) is 28.8 Å². The van der Waals surface area contributed by atoms with Crippen molar-refractivity contribution >= 4 is 0 Å². The van der Waals surface area contributed by atoms with Crippen molar-refractivity contribution < 1.29 is 31.4 Å². The Morgan fingerprint density at radius 2 is 1.23 bits per heavy atom. The van der Waals surface area contributed by atoms with Gasteiger partial charge in [0.25, 0.3) is 0 Å². The molecule has 0 heterocycles. The van der Waals surface area contributed by atoms with E-state index in [-0.39, 0.29) is 36.8 Å². The highest BCUT2D eigenvalue weighted by atomic mass is 19.4. The number of halogens is 6. The Hall–Kier alpha value is -1.40. The van der Waals surface area contributed by atoms with E-state index in [0.717, 1.165) is 12.1 Å². The molecule has 1 aromatic rings. The second kappa shape index (κ2) is 4.11. The Morgan fingerprint density at radius 3 is 1.59 bits per heavy atom. The molecule has 0 unspecified atom stereocenters. The molecule has 0 atom stereocenters. The van der Waals surface area contributed by atoms with E-state index >= 15 is 0 Å². The van der Waals surface area contributed by atoms with Crippen LogP contribution in [0.25, 0.3) is 0 Å². The lowest BCUT2D eigenvalue weighted by molar-refractivity contribution is -0.161. The quantitative estimate of drug-likeness (QED) is 0.768. The SMILES string of the molecule is Cc1cc(O)c(C2(C(F)(F)F)CC2)cc1C1(C(F)(F)F)CC1. The molecule has 0 bridgehead atoms. The molecule has 1 nitrogen and oxygen atoms in total. The Balaban J connectivity index is 2.15. The van der Waals surface area contributed by atoms with Gasteiger partial charge in [-0.15, -0.1) is 0 Å². The summed E-state index contributed by atoms with van der Waals surface area (Å²) in [5.74, 6) is -0.575. The first kappa shape index (κ1) is 15.5. The smallest absolute Gasteiger partial charge is 0.398 e. The zero-order valence-electron chi connectivity index (χ0n) is 11.7. The van der Waals surface area contributed by atoms with Crippen molar-refractivity contribution in [1.82, 2.24) is 0 Å². The van der Waals surface area contributed by atoms with Crippen molar-refractivity contribution in [2.24, 2.45) is 0 Å². The number of hydrogen-bond donors (Lipinski definition) is 1. The average molecular weight is 324 g/mol. The van der Waals surface area contributed by atoms with Crippen molar-refractivity contribution in [2.75, 3.05) is 0 Å². The maximum Gasteiger partial charge on any atom is 0.398 e. The van der Waals surface area contributed by atoms with E-state index < -0.39 is 34.5 Å². The van der Waals surface area contributed by atoms with Crippen LogP contribution in [-0.2, 0) is 10.8 Å². The second-order valence-electron chi connectivity index (χ2n) is 6.34. The van der Waals surface area contributed by atoms with Crippen LogP contribution in [0.3, 0.4) is 0 Å². The molecular weight excluding hydrogens is 310 g/mol. The molecule has 0 amide bonds. The van der Waals surface area contributed by atoms with Crippen LogP contribution in [0.4, 0.5) is 26.3 Å². The van der Waals surface area contributed by atoms with Crippen LogP contribution in [0, 0.1) is 6.92 Å². The first-order chi connectivity index (χ1) is 9.95. The van der Waals surface area contributed by atoms with E-state index in [0.29, 0.717) is 0 Å². The molecule has 122 valence electrons. The molecule has 2 aliphatic rings. The number of hydrogen-bond acceptors (Lipinski definition) is 1. The van der Waals surface area contributed by atoms with Crippen LogP contribution >= 0.6 is 0 Å². The molecule has 7 heteroatoms. The molecule has 0 aromatic heterocycles. The topological polar surface area (TPSA) is 20.2 Å². The van der Waals surface area contributed by atoms with Gasteiger partial charge in [0.2, 0.25) is 0 Å². The second-order valence-corrected chi connectivity index (χ2v) is 6.34. The number of phenols is 1. The van der Waals surface area contributed by atoms with Crippen molar-refractivity contribution in [2.45, 2.75) is 55.8 Å². The van der Waals surface area contributed by atoms with Crippen molar-refractivity contribution in [3.63, 3.8) is 0 Å². The largest absolute Gasteiger partial charge is 0.508 e. The summed E-state index contributed by atoms with van der Waals surface area (Å²) in [5.41, 5.74) is -4.63. The summed E-state index contributed by atoms with van der Waals surface area (Å²) in [4.78, 5) is 0. The summed E-state index contributed by atoms with van der Waals surface area (Å²) in [6.45, 7) is 1.39. The molecule has 22 heavy (non-hydrogen) atoms. The minimum atomic E-state index is -4.58. The Labute approximate surface area is 122 Å². The molecule has 0 radical (unpaired) electrons. The van der Waals surface area contributed by atoms with Gasteiger partial charge in [-0.2, -0.15) is 26.3 Å². The molecule has 2 saturated carbocycles. The van der Waals surface area contributed by atoms with Gasteiger partial charge in [-0.25, -0.2) is 0 Å². The van der Waals surface area contributed by atoms with Gasteiger partial charge in [-0.3, -0.25) is 0 Å². The van der Waals surface area contributed by atoms with Crippen LogP contribution in [0.1, 0.15) is 42.4 Å². The Morgan fingerprint density at radius 1 is 0.818 bits per heavy atom. The molecule has 1 aromatic carbocycles. The number of benzene rings is 1. The van der Waals surface area contributed by atoms with Gasteiger partial charge < -0.3 is 5.11 Å². The lowest BCUT2D eigenvalue weighted by Gasteiger charge is -2.26. The summed E-state index contributed by atoms with van der Waals surface area (Å²) in [6.07, 6.45) is -9.73. The average Bonchev–Trinajstić information content (AvgIpc) is 3.21. The summed E-state index contributed by atoms with van der Waals surface area (Å²) in [5, 5.41) is 9.86. The zero-order valence-corrected chi connectivity index (χ0v) is 11.7. The predicted molar refractivity (Wildman–Crippen MR) is 66.8 cm³/mol. The van der Waals surface area contributed by atoms with Crippen LogP contribution in [0.15, 0.2) is 12.1 Å². The standard InChI is InChI=1S/C15H14F6O/c1-8-6-11(22)10(13(4-5-13)15(19,20)21)7-9(8)12(2-3-12)14(16,17)18/h6-7,22H,2-5H2,1H3. The molecule has 2 fully saturated rings. The lowest BCUT2D eigenvalue weighted by Crippen LogP contribution is -2.32. The summed E-state index contributed by atoms with van der Waals surface area (Å²) < 4.78 is 79.4. The molecule has 3 rings (SSSR count). The lowest BCUT2D eigenvalue weighted by atomic mass is 9.84. The third-order valence-electron chi connectivity index (χ3n) is 4.96. The van der Waals surface area contributed by atoms with E-state index in [1.54, 1.807) is 0 Å². The number of alkyl halides is 6. The highest BCUT2D eigenvalue weighted by Crippen LogP contribution is 2.64. The highest BCUT2D eigenvalue weighted by molar-refractivity contribution is 5.53. The molecule has 0 aliphatic heterocycles. The molecular formula is C15H14F6O. The van der Waals surface area contributed by atoms with E-state index in [2.05, 4.69) is 0 Å². The molecule has 0 spiro atoms. The minimum absolute atomic E-state index is 0.124. The minimum Gasteiger partial charge on any atom is -0.508 e. The van der Waals surface area contributed by atoms with Gasteiger partial charge in [0.1, 0.15) is 5.75 Å². The van der Waals surface area contributed by atoms with Gasteiger partial charge in [-0.05, 0) is 49.8 Å². The van der Waals surface area contributed by atoms with E-state index in [9.17, 15) is 31.4 Å². The fourth-order valence-electron chi connectivity index (χ4n) is 3.25. The van der Waals surface area contributed by atoms with Gasteiger partial charge in [0.05, 0.1) is 10.8 Å². The third-order valence-corrected chi connectivity index (χ3v) is 4.96. The molecule has 2 aliphatic carbocycles. The first-order valence-electron chi connectivity index (χ1n) is 6.93. The maximum absolute atomic E-state index is 13.3. The van der Waals surface area contributed by atoms with Gasteiger partial charge in [0.15, 0.2) is 0 Å². The fraction of sp³-hybridized carbons (Fsp3) is 0.600. The van der Waals surface area contributed by atoms with Crippen LogP contribution in [0.5, 0.6) is 5.75 Å². The Bertz CT molecular complexity index is 569. The third kappa shape index (κ3) is 1.93. The monoisotopic (exact) mass is 324 g/mol. The highest BCUT2D eigenvalue weighted by Gasteiger charge is 2.67. The van der Waals surface area contributed by atoms with E-state index in [1.165, 1.54) is 6.92 Å². The molecule has 0 saturated heterocycles. The van der Waals surface area contributed by atoms with E-state index in [4.69, 9.17) is 0 Å².